The van der Waals surface area contributed by atoms with Crippen LogP contribution in [0.15, 0.2) is 12.1 Å². The van der Waals surface area contributed by atoms with E-state index in [2.05, 4.69) is 24.1 Å². The van der Waals surface area contributed by atoms with Crippen LogP contribution >= 0.6 is 11.6 Å². The number of hydrogen-bond acceptors (Lipinski definition) is 3. The number of carbonyl (C=O) groups is 1. The second-order valence-electron chi connectivity index (χ2n) is 4.19. The number of hydrogen-bond donors (Lipinski definition) is 2. The molecule has 4 nitrogen and oxygen atoms in total. The van der Waals surface area contributed by atoms with Gasteiger partial charge >= 0.3 is 5.97 Å². The highest BCUT2D eigenvalue weighted by molar-refractivity contribution is 6.29. The van der Waals surface area contributed by atoms with E-state index in [1.54, 1.807) is 0 Å². The molecule has 17 heavy (non-hydrogen) atoms. The zero-order valence-electron chi connectivity index (χ0n) is 10.2. The SMILES string of the molecule is CCC(C)C(C)Nc1cc(C(=O)O)cc(Cl)n1. The summed E-state index contributed by atoms with van der Waals surface area (Å²) in [6, 6.07) is 3.04. The molecule has 1 aromatic heterocycles. The highest BCUT2D eigenvalue weighted by Gasteiger charge is 2.13. The van der Waals surface area contributed by atoms with Crippen LogP contribution in [0.1, 0.15) is 37.6 Å². The molecule has 0 saturated heterocycles. The Morgan fingerprint density at radius 3 is 2.71 bits per heavy atom. The van der Waals surface area contributed by atoms with Crippen molar-refractivity contribution in [2.24, 2.45) is 5.92 Å². The Balaban J connectivity index is 2.87. The predicted octanol–water partition coefficient (Wildman–Crippen LogP) is 3.28. The standard InChI is InChI=1S/C12H17ClN2O2/c1-4-7(2)8(3)14-11-6-9(12(16)17)5-10(13)15-11/h5-8H,4H2,1-3H3,(H,14,15)(H,16,17). The molecule has 2 atom stereocenters. The first-order chi connectivity index (χ1) is 7.93. The Morgan fingerprint density at radius 1 is 1.53 bits per heavy atom. The van der Waals surface area contributed by atoms with Crippen molar-refractivity contribution in [2.75, 3.05) is 5.32 Å². The Morgan fingerprint density at radius 2 is 2.18 bits per heavy atom. The Labute approximate surface area is 106 Å². The van der Waals surface area contributed by atoms with Crippen molar-refractivity contribution in [1.82, 2.24) is 4.98 Å². The minimum Gasteiger partial charge on any atom is -0.478 e. The number of nitrogens with zero attached hydrogens (tertiary/aromatic N) is 1. The molecule has 0 saturated carbocycles. The van der Waals surface area contributed by atoms with Gasteiger partial charge in [0.05, 0.1) is 5.56 Å². The van der Waals surface area contributed by atoms with Gasteiger partial charge in [-0.05, 0) is 25.0 Å². The van der Waals surface area contributed by atoms with Gasteiger partial charge in [0.1, 0.15) is 11.0 Å². The first-order valence-corrected chi connectivity index (χ1v) is 5.99. The van der Waals surface area contributed by atoms with Crippen LogP contribution in [0, 0.1) is 5.92 Å². The molecule has 0 aliphatic carbocycles. The van der Waals surface area contributed by atoms with E-state index in [4.69, 9.17) is 16.7 Å². The smallest absolute Gasteiger partial charge is 0.335 e. The number of pyridine rings is 1. The fraction of sp³-hybridized carbons (Fsp3) is 0.500. The van der Waals surface area contributed by atoms with Gasteiger partial charge in [-0.1, -0.05) is 31.9 Å². The monoisotopic (exact) mass is 256 g/mol. The van der Waals surface area contributed by atoms with Crippen LogP contribution in [0.5, 0.6) is 0 Å². The van der Waals surface area contributed by atoms with Crippen LogP contribution in [0.2, 0.25) is 5.15 Å². The van der Waals surface area contributed by atoms with Crippen molar-refractivity contribution in [3.63, 3.8) is 0 Å². The molecule has 0 bridgehead atoms. The van der Waals surface area contributed by atoms with Gasteiger partial charge in [-0.3, -0.25) is 0 Å². The van der Waals surface area contributed by atoms with E-state index in [1.807, 2.05) is 6.92 Å². The average molecular weight is 257 g/mol. The highest BCUT2D eigenvalue weighted by Crippen LogP contribution is 2.18. The molecule has 0 spiro atoms. The first kappa shape index (κ1) is 13.8. The van der Waals surface area contributed by atoms with Crippen LogP contribution in [0.3, 0.4) is 0 Å². The zero-order chi connectivity index (χ0) is 13.0. The summed E-state index contributed by atoms with van der Waals surface area (Å²) in [6.07, 6.45) is 1.04. The molecule has 1 rings (SSSR count). The number of anilines is 1. The molecule has 2 N–H and O–H groups in total. The van der Waals surface area contributed by atoms with Crippen molar-refractivity contribution < 1.29 is 9.90 Å². The van der Waals surface area contributed by atoms with Crippen molar-refractivity contribution in [3.8, 4) is 0 Å². The van der Waals surface area contributed by atoms with E-state index >= 15 is 0 Å². The number of aromatic nitrogens is 1. The van der Waals surface area contributed by atoms with Crippen LogP contribution in [0.25, 0.3) is 0 Å². The van der Waals surface area contributed by atoms with Crippen LogP contribution in [-0.4, -0.2) is 22.1 Å². The van der Waals surface area contributed by atoms with Gasteiger partial charge in [-0.2, -0.15) is 0 Å². The van der Waals surface area contributed by atoms with E-state index in [9.17, 15) is 4.79 Å². The van der Waals surface area contributed by atoms with Gasteiger partial charge in [0, 0.05) is 6.04 Å². The third-order valence-corrected chi connectivity index (χ3v) is 3.11. The Kier molecular flexibility index (Phi) is 4.75. The number of carboxylic acids is 1. The van der Waals surface area contributed by atoms with Gasteiger partial charge < -0.3 is 10.4 Å². The number of nitrogens with one attached hydrogen (secondary N) is 1. The zero-order valence-corrected chi connectivity index (χ0v) is 11.0. The molecule has 0 radical (unpaired) electrons. The maximum atomic E-state index is 10.9. The molecular weight excluding hydrogens is 240 g/mol. The lowest BCUT2D eigenvalue weighted by Crippen LogP contribution is -2.24. The van der Waals surface area contributed by atoms with Gasteiger partial charge in [0.25, 0.3) is 0 Å². The summed E-state index contributed by atoms with van der Waals surface area (Å²) in [5.74, 6) is -0.0275. The maximum Gasteiger partial charge on any atom is 0.335 e. The fourth-order valence-electron chi connectivity index (χ4n) is 1.42. The summed E-state index contributed by atoms with van der Waals surface area (Å²) in [4.78, 5) is 14.9. The third kappa shape index (κ3) is 3.89. The lowest BCUT2D eigenvalue weighted by atomic mass is 10.0. The van der Waals surface area contributed by atoms with Crippen molar-refractivity contribution in [2.45, 2.75) is 33.2 Å². The molecule has 1 heterocycles. The predicted molar refractivity (Wildman–Crippen MR) is 68.7 cm³/mol. The largest absolute Gasteiger partial charge is 0.478 e. The molecule has 2 unspecified atom stereocenters. The molecule has 5 heteroatoms. The molecule has 0 amide bonds. The Bertz CT molecular complexity index is 409. The Hall–Kier alpha value is -1.29. The van der Waals surface area contributed by atoms with Crippen molar-refractivity contribution >= 4 is 23.4 Å². The molecule has 0 fully saturated rings. The van der Waals surface area contributed by atoms with Gasteiger partial charge in [0.15, 0.2) is 0 Å². The second kappa shape index (κ2) is 5.87. The van der Waals surface area contributed by atoms with Crippen LogP contribution in [-0.2, 0) is 0 Å². The maximum absolute atomic E-state index is 10.9. The summed E-state index contributed by atoms with van der Waals surface area (Å²) < 4.78 is 0. The van der Waals surface area contributed by atoms with E-state index in [0.717, 1.165) is 6.42 Å². The molecule has 94 valence electrons. The second-order valence-corrected chi connectivity index (χ2v) is 4.57. The van der Waals surface area contributed by atoms with Crippen molar-refractivity contribution in [3.05, 3.63) is 22.8 Å². The van der Waals surface area contributed by atoms with Crippen molar-refractivity contribution in [1.29, 1.82) is 0 Å². The number of carboxylic acid groups (broad SMARTS) is 1. The van der Waals surface area contributed by atoms with E-state index < -0.39 is 5.97 Å². The minimum absolute atomic E-state index is 0.142. The minimum atomic E-state index is -1.01. The molecular formula is C12H17ClN2O2. The van der Waals surface area contributed by atoms with E-state index in [-0.39, 0.29) is 16.8 Å². The summed E-state index contributed by atoms with van der Waals surface area (Å²) in [7, 11) is 0. The molecule has 0 aromatic carbocycles. The topological polar surface area (TPSA) is 62.2 Å². The molecule has 1 aromatic rings. The lowest BCUT2D eigenvalue weighted by molar-refractivity contribution is 0.0697. The summed E-state index contributed by atoms with van der Waals surface area (Å²) in [5, 5.41) is 12.3. The average Bonchev–Trinajstić information content (AvgIpc) is 2.26. The number of aromatic carboxylic acids is 1. The van der Waals surface area contributed by atoms with E-state index in [1.165, 1.54) is 12.1 Å². The number of rotatable bonds is 5. The fourth-order valence-corrected chi connectivity index (χ4v) is 1.63. The summed E-state index contributed by atoms with van der Waals surface area (Å²) in [5.41, 5.74) is 0.142. The third-order valence-electron chi connectivity index (χ3n) is 2.91. The molecule has 0 aliphatic heterocycles. The highest BCUT2D eigenvalue weighted by atomic mass is 35.5. The summed E-state index contributed by atoms with van der Waals surface area (Å²) >= 11 is 5.78. The van der Waals surface area contributed by atoms with Gasteiger partial charge in [-0.15, -0.1) is 0 Å². The lowest BCUT2D eigenvalue weighted by Gasteiger charge is -2.20. The van der Waals surface area contributed by atoms with Crippen LogP contribution < -0.4 is 5.32 Å². The molecule has 0 aliphatic rings. The quantitative estimate of drug-likeness (QED) is 0.794. The van der Waals surface area contributed by atoms with Crippen LogP contribution in [0.4, 0.5) is 5.82 Å². The number of halogens is 1. The van der Waals surface area contributed by atoms with Gasteiger partial charge in [-0.25, -0.2) is 9.78 Å². The van der Waals surface area contributed by atoms with E-state index in [0.29, 0.717) is 11.7 Å². The normalized spacial score (nSPS) is 14.1. The summed E-state index contributed by atoms with van der Waals surface area (Å²) in [6.45, 7) is 6.27. The first-order valence-electron chi connectivity index (χ1n) is 5.61. The van der Waals surface area contributed by atoms with Gasteiger partial charge in [0.2, 0.25) is 0 Å².